The maximum Gasteiger partial charge on any atom is 0.339 e. The number of nitrogens with zero attached hydrogens (tertiary/aromatic N) is 4. The van der Waals surface area contributed by atoms with Crippen molar-refractivity contribution in [2.45, 2.75) is 91.6 Å². The molecular weight excluding hydrogens is 1010 g/mol. The van der Waals surface area contributed by atoms with Gasteiger partial charge in [0.1, 0.15) is 41.1 Å². The van der Waals surface area contributed by atoms with Crippen LogP contribution in [0.5, 0.6) is 5.75 Å². The van der Waals surface area contributed by atoms with E-state index in [-0.39, 0.29) is 84.6 Å². The Hall–Kier alpha value is -7.76. The molecule has 8 N–H and O–H groups in total. The fourth-order valence-corrected chi connectivity index (χ4v) is 9.64. The molecular formula is C52H59FN10O10S2. The van der Waals surface area contributed by atoms with Gasteiger partial charge in [0, 0.05) is 37.7 Å². The Bertz CT molecular complexity index is 3140. The number of β-amino-alcohol motifs (C(OH)–C–C–N with tert-alkyl or cyclic N) is 1. The minimum absolute atomic E-state index is 0.00789. The number of aliphatic hydroxyl groups excluding tert-OH is 1. The lowest BCUT2D eigenvalue weighted by atomic mass is 9.85. The van der Waals surface area contributed by atoms with Gasteiger partial charge in [-0.05, 0) is 85.7 Å². The van der Waals surface area contributed by atoms with Crippen LogP contribution in [0.1, 0.15) is 97.5 Å². The van der Waals surface area contributed by atoms with E-state index < -0.39 is 75.1 Å². The number of nitrogens with one attached hydrogen (secondary N) is 5. The smallest absolute Gasteiger partial charge is 0.339 e. The average molecular weight is 1070 g/mol. The van der Waals surface area contributed by atoms with Gasteiger partial charge in [0.05, 0.1) is 51.5 Å². The molecule has 396 valence electrons. The Morgan fingerprint density at radius 3 is 2.36 bits per heavy atom. The van der Waals surface area contributed by atoms with Crippen molar-refractivity contribution in [2.24, 2.45) is 11.1 Å². The summed E-state index contributed by atoms with van der Waals surface area (Å²) >= 11 is 1.55. The number of aromatic amines is 1. The highest BCUT2D eigenvalue weighted by Crippen LogP contribution is 2.37. The highest BCUT2D eigenvalue weighted by molar-refractivity contribution is 7.92. The third kappa shape index (κ3) is 13.9. The number of nitrogens with two attached hydrogens (primary N) is 1. The number of carbonyl (C=O) groups excluding carboxylic acids is 5. The molecule has 4 heterocycles. The first-order chi connectivity index (χ1) is 35.6. The van der Waals surface area contributed by atoms with Crippen molar-refractivity contribution in [1.29, 1.82) is 0 Å². The molecule has 0 radical (unpaired) electrons. The second-order valence-electron chi connectivity index (χ2n) is 19.0. The number of aryl methyl sites for hydroxylation is 1. The van der Waals surface area contributed by atoms with E-state index in [4.69, 9.17) is 15.2 Å². The molecule has 0 bridgehead atoms. The number of benzene rings is 3. The largest absolute Gasteiger partial charge is 0.484 e. The lowest BCUT2D eigenvalue weighted by Crippen LogP contribution is -2.57. The number of esters is 1. The maximum absolute atomic E-state index is 14.1. The second-order valence-corrected chi connectivity index (χ2v) is 21.8. The van der Waals surface area contributed by atoms with Gasteiger partial charge in [0.15, 0.2) is 5.82 Å². The van der Waals surface area contributed by atoms with E-state index in [1.807, 2.05) is 31.2 Å². The molecule has 3 aromatic carbocycles. The predicted octanol–water partition coefficient (Wildman–Crippen LogP) is 6.53. The predicted molar refractivity (Wildman–Crippen MR) is 280 cm³/mol. The third-order valence-corrected chi connectivity index (χ3v) is 14.6. The van der Waals surface area contributed by atoms with Gasteiger partial charge in [0.2, 0.25) is 27.7 Å². The van der Waals surface area contributed by atoms with E-state index in [9.17, 15) is 41.9 Å². The van der Waals surface area contributed by atoms with Gasteiger partial charge in [-0.1, -0.05) is 63.2 Å². The van der Waals surface area contributed by atoms with E-state index in [0.29, 0.717) is 11.1 Å². The fraction of sp³-hybridized carbons (Fsp3) is 0.346. The van der Waals surface area contributed by atoms with E-state index in [2.05, 4.69) is 40.8 Å². The highest BCUT2D eigenvalue weighted by atomic mass is 32.2. The molecule has 0 aliphatic carbocycles. The van der Waals surface area contributed by atoms with Crippen LogP contribution in [-0.4, -0.2) is 105 Å². The molecule has 0 unspecified atom stereocenters. The average Bonchev–Trinajstić information content (AvgIpc) is 4.12. The summed E-state index contributed by atoms with van der Waals surface area (Å²) < 4.78 is 52.8. The van der Waals surface area contributed by atoms with E-state index in [0.717, 1.165) is 21.7 Å². The number of likely N-dealkylation sites (tertiary alicyclic amines) is 1. The number of amides is 4. The molecule has 1 aliphatic heterocycles. The topological polar surface area (TPSA) is 290 Å². The van der Waals surface area contributed by atoms with Crippen molar-refractivity contribution >= 4 is 68.3 Å². The summed E-state index contributed by atoms with van der Waals surface area (Å²) in [6, 6.07) is 18.8. The number of halogens is 1. The first-order valence-corrected chi connectivity index (χ1v) is 26.5. The van der Waals surface area contributed by atoms with Gasteiger partial charge in [-0.2, -0.15) is 5.10 Å². The summed E-state index contributed by atoms with van der Waals surface area (Å²) in [5.74, 6) is -3.39. The van der Waals surface area contributed by atoms with Gasteiger partial charge in [0.25, 0.3) is 5.91 Å². The molecule has 0 spiro atoms. The zero-order valence-electron chi connectivity index (χ0n) is 42.1. The van der Waals surface area contributed by atoms with Crippen molar-refractivity contribution in [3.8, 4) is 27.4 Å². The number of aliphatic hydroxyl groups is 1. The minimum atomic E-state index is -3.74. The molecule has 7 rings (SSSR count). The Labute approximate surface area is 437 Å². The number of H-pyrrole nitrogens is 1. The molecule has 4 atom stereocenters. The molecule has 75 heavy (non-hydrogen) atoms. The Morgan fingerprint density at radius 2 is 1.72 bits per heavy atom. The molecule has 4 amide bonds. The zero-order valence-corrected chi connectivity index (χ0v) is 43.7. The van der Waals surface area contributed by atoms with Crippen LogP contribution in [0.25, 0.3) is 21.7 Å². The van der Waals surface area contributed by atoms with E-state index >= 15 is 0 Å². The van der Waals surface area contributed by atoms with Crippen molar-refractivity contribution in [3.63, 3.8) is 0 Å². The number of ether oxygens (including phenoxy) is 2. The molecule has 20 nitrogen and oxygen atoms in total. The Kier molecular flexibility index (Phi) is 17.3. The van der Waals surface area contributed by atoms with Gasteiger partial charge in [-0.15, -0.1) is 11.3 Å². The van der Waals surface area contributed by atoms with Crippen molar-refractivity contribution < 1.29 is 51.4 Å². The first kappa shape index (κ1) is 55.0. The number of anilines is 3. The summed E-state index contributed by atoms with van der Waals surface area (Å²) in [6.07, 6.45) is -0.286. The number of pyridine rings is 1. The van der Waals surface area contributed by atoms with Gasteiger partial charge < -0.3 is 41.2 Å². The third-order valence-electron chi connectivity index (χ3n) is 12.3. The SMILES string of the molecule is CCS(=O)(=O)Nc1ccc(-c2[nH]nc(Nc3ccc(C(=O)OCCCC(=O)N[C@H](C(=O)N4C[C@H](O)C[C@H]4C(=O)NCc4ccc(-c5scnc5C)cc4)C(C)(C)C)cn3)c2C(N)=O)cc1O[C@@H](C)c1ccc(F)cc1. The first-order valence-electron chi connectivity index (χ1n) is 24.0. The number of aromatic nitrogens is 4. The van der Waals surface area contributed by atoms with Gasteiger partial charge in [-0.25, -0.2) is 27.6 Å². The zero-order chi connectivity index (χ0) is 54.2. The minimum Gasteiger partial charge on any atom is -0.484 e. The number of sulfonamides is 1. The van der Waals surface area contributed by atoms with Crippen LogP contribution in [0, 0.1) is 18.2 Å². The van der Waals surface area contributed by atoms with E-state index in [1.165, 1.54) is 60.5 Å². The van der Waals surface area contributed by atoms with Crippen LogP contribution in [0.4, 0.5) is 21.7 Å². The summed E-state index contributed by atoms with van der Waals surface area (Å²) in [6.45, 7) is 10.5. The van der Waals surface area contributed by atoms with Crippen LogP contribution >= 0.6 is 11.3 Å². The van der Waals surface area contributed by atoms with Crippen LogP contribution in [-0.2, 0) is 35.7 Å². The number of carbonyl (C=O) groups is 5. The summed E-state index contributed by atoms with van der Waals surface area (Å²) in [5.41, 5.74) is 10.9. The van der Waals surface area contributed by atoms with Crippen LogP contribution in [0.2, 0.25) is 0 Å². The summed E-state index contributed by atoms with van der Waals surface area (Å²) in [7, 11) is -3.74. The summed E-state index contributed by atoms with van der Waals surface area (Å²) in [5, 5.41) is 26.2. The number of hydrogen-bond acceptors (Lipinski definition) is 15. The molecule has 1 fully saturated rings. The van der Waals surface area contributed by atoms with Crippen LogP contribution in [0.3, 0.4) is 0 Å². The van der Waals surface area contributed by atoms with Crippen molar-refractivity contribution in [2.75, 3.05) is 28.9 Å². The number of primary amides is 1. The van der Waals surface area contributed by atoms with E-state index in [1.54, 1.807) is 56.7 Å². The van der Waals surface area contributed by atoms with Crippen LogP contribution in [0.15, 0.2) is 90.6 Å². The normalized spacial score (nSPS) is 15.4. The van der Waals surface area contributed by atoms with Gasteiger partial charge in [-0.3, -0.25) is 29.0 Å². The highest BCUT2D eigenvalue weighted by Gasteiger charge is 2.44. The lowest BCUT2D eigenvalue weighted by Gasteiger charge is -2.35. The quantitative estimate of drug-likeness (QED) is 0.0298. The number of rotatable bonds is 21. The second kappa shape index (κ2) is 23.6. The molecule has 1 saturated heterocycles. The fourth-order valence-electron chi connectivity index (χ4n) is 8.18. The Balaban J connectivity index is 0.919. The van der Waals surface area contributed by atoms with Gasteiger partial charge >= 0.3 is 5.97 Å². The Morgan fingerprint density at radius 1 is 1.00 bits per heavy atom. The molecule has 6 aromatic rings. The lowest BCUT2D eigenvalue weighted by molar-refractivity contribution is -0.144. The molecule has 23 heteroatoms. The van der Waals surface area contributed by atoms with Crippen molar-refractivity contribution in [1.82, 2.24) is 35.7 Å². The monoisotopic (exact) mass is 1070 g/mol. The molecule has 1 aliphatic rings. The number of hydrogen-bond donors (Lipinski definition) is 7. The molecule has 0 saturated carbocycles. The standard InChI is InChI=1S/C52H59FN10O10S2/c1-7-75(70,71)62-38-20-16-34(23-40(38)73-30(3)32-14-18-36(53)19-15-32)44-43(47(54)66)48(61-60-44)58-41-21-17-35(26-55-41)51(69)72-22-8-9-42(65)59-46(52(4,5)6)50(68)63-27-37(64)24-39(63)49(67)56-25-31-10-12-33(13-11-31)45-29(2)57-28-74-45/h10-21,23,26,28,30,37,39,46,62,64H,7-9,22,24-25,27H2,1-6H3,(H2,54,66)(H,56,67)(H,59,65)(H2,55,58,60,61)/t30-,37+,39-,46+/m0/s1. The van der Waals surface area contributed by atoms with Crippen molar-refractivity contribution in [3.05, 3.63) is 124 Å². The maximum atomic E-state index is 14.1. The van der Waals surface area contributed by atoms with Crippen LogP contribution < -0.4 is 31.1 Å². The summed E-state index contributed by atoms with van der Waals surface area (Å²) in [4.78, 5) is 77.6. The molecule has 3 aromatic heterocycles. The number of thiazole rings is 1.